The molecular formula is C18H26N4OS. The Morgan fingerprint density at radius 2 is 2.33 bits per heavy atom. The zero-order valence-electron chi connectivity index (χ0n) is 14.6. The van der Waals surface area contributed by atoms with Gasteiger partial charge in [-0.2, -0.15) is 5.10 Å². The second-order valence-electron chi connectivity index (χ2n) is 6.67. The Morgan fingerprint density at radius 3 is 3.00 bits per heavy atom. The van der Waals surface area contributed by atoms with E-state index in [0.717, 1.165) is 24.9 Å². The molecule has 1 saturated heterocycles. The first-order valence-corrected chi connectivity index (χ1v) is 9.51. The average molecular weight is 346 g/mol. The summed E-state index contributed by atoms with van der Waals surface area (Å²) >= 11 is 1.74. The number of hydrogen-bond donors (Lipinski definition) is 1. The third-order valence-electron chi connectivity index (χ3n) is 4.89. The van der Waals surface area contributed by atoms with Crippen molar-refractivity contribution < 1.29 is 4.79 Å². The van der Waals surface area contributed by atoms with Crippen molar-refractivity contribution in [3.63, 3.8) is 0 Å². The molecule has 0 radical (unpaired) electrons. The third kappa shape index (κ3) is 3.70. The number of rotatable bonds is 6. The number of hydrogen-bond acceptors (Lipinski definition) is 4. The van der Waals surface area contributed by atoms with Gasteiger partial charge in [0.25, 0.3) is 0 Å². The predicted octanol–water partition coefficient (Wildman–Crippen LogP) is 3.16. The van der Waals surface area contributed by atoms with Gasteiger partial charge in [-0.25, -0.2) is 0 Å². The number of aromatic nitrogens is 2. The van der Waals surface area contributed by atoms with Crippen molar-refractivity contribution in [1.82, 2.24) is 20.0 Å². The van der Waals surface area contributed by atoms with Crippen molar-refractivity contribution in [2.75, 3.05) is 13.1 Å². The van der Waals surface area contributed by atoms with E-state index in [4.69, 9.17) is 0 Å². The molecule has 5 nitrogen and oxygen atoms in total. The summed E-state index contributed by atoms with van der Waals surface area (Å²) in [5.74, 6) is 0.196. The molecule has 1 N–H and O–H groups in total. The summed E-state index contributed by atoms with van der Waals surface area (Å²) in [6.45, 7) is 7.52. The Morgan fingerprint density at radius 1 is 1.50 bits per heavy atom. The van der Waals surface area contributed by atoms with Crippen LogP contribution in [0.25, 0.3) is 0 Å². The fourth-order valence-corrected chi connectivity index (χ4v) is 4.12. The van der Waals surface area contributed by atoms with Gasteiger partial charge in [0.05, 0.1) is 24.8 Å². The molecule has 1 aliphatic rings. The summed E-state index contributed by atoms with van der Waals surface area (Å²) in [5.41, 5.74) is 1.15. The Hall–Kier alpha value is -1.66. The number of likely N-dealkylation sites (tertiary alicyclic amines) is 1. The minimum atomic E-state index is 0.177. The fraction of sp³-hybridized carbons (Fsp3) is 0.556. The molecule has 130 valence electrons. The van der Waals surface area contributed by atoms with Crippen LogP contribution >= 0.6 is 11.3 Å². The standard InChI is InChI=1S/C18H26N4OS/c1-13-10-20-22(12-13)15(3)14(2)19-11-18(23)21-8-4-6-16(21)17-7-5-9-24-17/h5,7,9-10,12,14-16,19H,4,6,8,11H2,1-3H3/t14-,15+,16-/m0/s1. The highest BCUT2D eigenvalue weighted by Crippen LogP contribution is 2.34. The van der Waals surface area contributed by atoms with Gasteiger partial charge in [-0.3, -0.25) is 9.48 Å². The number of nitrogens with zero attached hydrogens (tertiary/aromatic N) is 3. The van der Waals surface area contributed by atoms with Crippen LogP contribution in [0.1, 0.15) is 49.2 Å². The molecule has 1 fully saturated rings. The van der Waals surface area contributed by atoms with Crippen LogP contribution in [0.3, 0.4) is 0 Å². The molecule has 0 unspecified atom stereocenters. The Bertz CT molecular complexity index is 666. The van der Waals surface area contributed by atoms with Crippen LogP contribution in [0.2, 0.25) is 0 Å². The number of carbonyl (C=O) groups excluding carboxylic acids is 1. The average Bonchev–Trinajstić information content (AvgIpc) is 3.30. The number of thiophene rings is 1. The van der Waals surface area contributed by atoms with E-state index in [1.54, 1.807) is 11.3 Å². The monoisotopic (exact) mass is 346 g/mol. The molecule has 3 atom stereocenters. The van der Waals surface area contributed by atoms with Gasteiger partial charge < -0.3 is 10.2 Å². The van der Waals surface area contributed by atoms with Crippen LogP contribution in [0.15, 0.2) is 29.9 Å². The summed E-state index contributed by atoms with van der Waals surface area (Å²) in [7, 11) is 0. The van der Waals surface area contributed by atoms with Crippen LogP contribution in [0, 0.1) is 6.92 Å². The van der Waals surface area contributed by atoms with E-state index < -0.39 is 0 Å². The molecular weight excluding hydrogens is 320 g/mol. The van der Waals surface area contributed by atoms with Crippen LogP contribution < -0.4 is 5.32 Å². The van der Waals surface area contributed by atoms with Crippen molar-refractivity contribution in [1.29, 1.82) is 0 Å². The van der Waals surface area contributed by atoms with Crippen molar-refractivity contribution in [2.45, 2.75) is 51.7 Å². The maximum Gasteiger partial charge on any atom is 0.237 e. The van der Waals surface area contributed by atoms with Crippen LogP contribution in [-0.2, 0) is 4.79 Å². The molecule has 3 rings (SSSR count). The Balaban J connectivity index is 1.55. The maximum atomic E-state index is 12.7. The van der Waals surface area contributed by atoms with Crippen LogP contribution in [0.4, 0.5) is 0 Å². The van der Waals surface area contributed by atoms with E-state index in [1.807, 2.05) is 28.9 Å². The second-order valence-corrected chi connectivity index (χ2v) is 7.65. The van der Waals surface area contributed by atoms with Crippen molar-refractivity contribution >= 4 is 17.2 Å². The van der Waals surface area contributed by atoms with Gasteiger partial charge >= 0.3 is 0 Å². The molecule has 1 aliphatic heterocycles. The van der Waals surface area contributed by atoms with E-state index in [1.165, 1.54) is 4.88 Å². The van der Waals surface area contributed by atoms with Crippen molar-refractivity contribution in [3.8, 4) is 0 Å². The van der Waals surface area contributed by atoms with Gasteiger partial charge in [0, 0.05) is 23.7 Å². The lowest BCUT2D eigenvalue weighted by Crippen LogP contribution is -2.42. The molecule has 0 spiro atoms. The van der Waals surface area contributed by atoms with E-state index in [0.29, 0.717) is 6.54 Å². The zero-order valence-corrected chi connectivity index (χ0v) is 15.4. The second kappa shape index (κ2) is 7.49. The number of carbonyl (C=O) groups is 1. The first kappa shape index (κ1) is 17.2. The lowest BCUT2D eigenvalue weighted by atomic mass is 10.1. The summed E-state index contributed by atoms with van der Waals surface area (Å²) in [6.07, 6.45) is 6.07. The summed E-state index contributed by atoms with van der Waals surface area (Å²) < 4.78 is 1.96. The lowest BCUT2D eigenvalue weighted by molar-refractivity contribution is -0.131. The van der Waals surface area contributed by atoms with E-state index in [9.17, 15) is 4.79 Å². The van der Waals surface area contributed by atoms with Gasteiger partial charge in [-0.05, 0) is 50.6 Å². The molecule has 0 aromatic carbocycles. The molecule has 2 aromatic heterocycles. The molecule has 3 heterocycles. The first-order valence-electron chi connectivity index (χ1n) is 8.63. The van der Waals surface area contributed by atoms with Gasteiger partial charge in [0.2, 0.25) is 5.91 Å². The third-order valence-corrected chi connectivity index (χ3v) is 5.87. The normalized spacial score (nSPS) is 20.3. The SMILES string of the molecule is Cc1cnn([C@H](C)[C@H](C)NCC(=O)N2CCC[C@H]2c2cccs2)c1. The molecule has 0 aliphatic carbocycles. The zero-order chi connectivity index (χ0) is 17.1. The minimum Gasteiger partial charge on any atom is -0.334 e. The Labute approximate surface area is 147 Å². The largest absolute Gasteiger partial charge is 0.334 e. The van der Waals surface area contributed by atoms with Gasteiger partial charge in [-0.1, -0.05) is 6.07 Å². The number of aryl methyl sites for hydroxylation is 1. The lowest BCUT2D eigenvalue weighted by Gasteiger charge is -2.26. The summed E-state index contributed by atoms with van der Waals surface area (Å²) in [4.78, 5) is 16.0. The molecule has 2 aromatic rings. The van der Waals surface area contributed by atoms with Gasteiger partial charge in [0.15, 0.2) is 0 Å². The predicted molar refractivity (Wildman–Crippen MR) is 97.1 cm³/mol. The highest BCUT2D eigenvalue weighted by Gasteiger charge is 2.30. The number of amides is 1. The maximum absolute atomic E-state index is 12.7. The van der Waals surface area contributed by atoms with Crippen molar-refractivity contribution in [3.05, 3.63) is 40.3 Å². The smallest absolute Gasteiger partial charge is 0.237 e. The van der Waals surface area contributed by atoms with E-state index >= 15 is 0 Å². The molecule has 6 heteroatoms. The molecule has 0 saturated carbocycles. The molecule has 24 heavy (non-hydrogen) atoms. The van der Waals surface area contributed by atoms with Gasteiger partial charge in [0.1, 0.15) is 0 Å². The Kier molecular flexibility index (Phi) is 5.36. The van der Waals surface area contributed by atoms with E-state index in [-0.39, 0.29) is 24.0 Å². The quantitative estimate of drug-likeness (QED) is 0.874. The first-order chi connectivity index (χ1) is 11.6. The number of nitrogens with one attached hydrogen (secondary N) is 1. The summed E-state index contributed by atoms with van der Waals surface area (Å²) in [6, 6.07) is 4.85. The topological polar surface area (TPSA) is 50.2 Å². The highest BCUT2D eigenvalue weighted by atomic mass is 32.1. The fourth-order valence-electron chi connectivity index (χ4n) is 3.25. The van der Waals surface area contributed by atoms with Gasteiger partial charge in [-0.15, -0.1) is 11.3 Å². The van der Waals surface area contributed by atoms with Crippen LogP contribution in [0.5, 0.6) is 0 Å². The molecule has 0 bridgehead atoms. The molecule has 1 amide bonds. The van der Waals surface area contributed by atoms with Crippen molar-refractivity contribution in [2.24, 2.45) is 0 Å². The highest BCUT2D eigenvalue weighted by molar-refractivity contribution is 7.10. The van der Waals surface area contributed by atoms with E-state index in [2.05, 4.69) is 41.8 Å². The summed E-state index contributed by atoms with van der Waals surface area (Å²) in [5, 5.41) is 9.84. The minimum absolute atomic E-state index is 0.177. The van der Waals surface area contributed by atoms with Crippen LogP contribution in [-0.4, -0.2) is 39.7 Å².